The van der Waals surface area contributed by atoms with Crippen molar-refractivity contribution < 1.29 is 9.90 Å². The molecular weight excluding hydrogens is 301 g/mol. The first-order chi connectivity index (χ1) is 8.70. The molecule has 0 aliphatic carbocycles. The summed E-state index contributed by atoms with van der Waals surface area (Å²) in [4.78, 5) is 15.8. The maximum atomic E-state index is 11.7. The SMILES string of the molecule is Cl.Cl.NCCC(=O)N1CCN(c2ccc(O)cc2)CC1. The monoisotopic (exact) mass is 321 g/mol. The van der Waals surface area contributed by atoms with Crippen LogP contribution in [0.3, 0.4) is 0 Å². The Morgan fingerprint density at radius 2 is 1.65 bits per heavy atom. The normalized spacial score (nSPS) is 14.2. The van der Waals surface area contributed by atoms with Crippen LogP contribution in [0.25, 0.3) is 0 Å². The van der Waals surface area contributed by atoms with Crippen molar-refractivity contribution in [3.05, 3.63) is 24.3 Å². The van der Waals surface area contributed by atoms with Crippen LogP contribution in [-0.4, -0.2) is 48.6 Å². The van der Waals surface area contributed by atoms with E-state index >= 15 is 0 Å². The number of piperazine rings is 1. The smallest absolute Gasteiger partial charge is 0.223 e. The Morgan fingerprint density at radius 1 is 1.10 bits per heavy atom. The van der Waals surface area contributed by atoms with Gasteiger partial charge in [0.15, 0.2) is 0 Å². The first kappa shape index (κ1) is 18.8. The van der Waals surface area contributed by atoms with Crippen molar-refractivity contribution >= 4 is 36.4 Å². The van der Waals surface area contributed by atoms with E-state index in [2.05, 4.69) is 4.90 Å². The van der Waals surface area contributed by atoms with Crippen molar-refractivity contribution in [2.24, 2.45) is 5.73 Å². The van der Waals surface area contributed by atoms with Crippen LogP contribution in [0.2, 0.25) is 0 Å². The molecule has 1 saturated heterocycles. The third kappa shape index (κ3) is 4.74. The molecule has 0 bridgehead atoms. The van der Waals surface area contributed by atoms with E-state index in [0.717, 1.165) is 31.9 Å². The predicted molar refractivity (Wildman–Crippen MR) is 85.1 cm³/mol. The van der Waals surface area contributed by atoms with E-state index in [-0.39, 0.29) is 36.5 Å². The molecular formula is C13H21Cl2N3O2. The molecule has 2 rings (SSSR count). The van der Waals surface area contributed by atoms with Crippen LogP contribution >= 0.6 is 24.8 Å². The fraction of sp³-hybridized carbons (Fsp3) is 0.462. The van der Waals surface area contributed by atoms with E-state index in [0.29, 0.717) is 13.0 Å². The number of nitrogens with zero attached hydrogens (tertiary/aromatic N) is 2. The van der Waals surface area contributed by atoms with E-state index < -0.39 is 0 Å². The van der Waals surface area contributed by atoms with Gasteiger partial charge in [0.25, 0.3) is 0 Å². The van der Waals surface area contributed by atoms with Crippen molar-refractivity contribution in [3.8, 4) is 5.75 Å². The Kier molecular flexibility index (Phi) is 8.37. The molecule has 0 spiro atoms. The largest absolute Gasteiger partial charge is 0.508 e. The highest BCUT2D eigenvalue weighted by Crippen LogP contribution is 2.19. The third-order valence-corrected chi connectivity index (χ3v) is 3.21. The number of hydrogen-bond acceptors (Lipinski definition) is 4. The molecule has 1 aliphatic rings. The summed E-state index contributed by atoms with van der Waals surface area (Å²) < 4.78 is 0. The molecule has 0 atom stereocenters. The van der Waals surface area contributed by atoms with Gasteiger partial charge in [0.05, 0.1) is 0 Å². The van der Waals surface area contributed by atoms with E-state index in [1.54, 1.807) is 12.1 Å². The summed E-state index contributed by atoms with van der Waals surface area (Å²) in [6.07, 6.45) is 0.430. The quantitative estimate of drug-likeness (QED) is 0.878. The zero-order valence-corrected chi connectivity index (χ0v) is 12.8. The van der Waals surface area contributed by atoms with Gasteiger partial charge in [-0.2, -0.15) is 0 Å². The fourth-order valence-electron chi connectivity index (χ4n) is 2.16. The van der Waals surface area contributed by atoms with Gasteiger partial charge in [-0.05, 0) is 24.3 Å². The highest BCUT2D eigenvalue weighted by Gasteiger charge is 2.20. The zero-order chi connectivity index (χ0) is 13.0. The van der Waals surface area contributed by atoms with Crippen LogP contribution in [0.5, 0.6) is 5.75 Å². The predicted octanol–water partition coefficient (Wildman–Crippen LogP) is 1.23. The summed E-state index contributed by atoms with van der Waals surface area (Å²) in [6.45, 7) is 3.53. The Morgan fingerprint density at radius 3 is 2.15 bits per heavy atom. The van der Waals surface area contributed by atoms with Gasteiger partial charge < -0.3 is 20.6 Å². The van der Waals surface area contributed by atoms with Crippen molar-refractivity contribution in [1.82, 2.24) is 4.90 Å². The number of nitrogens with two attached hydrogens (primary N) is 1. The summed E-state index contributed by atoms with van der Waals surface area (Å²) in [5.74, 6) is 0.415. The molecule has 114 valence electrons. The summed E-state index contributed by atoms with van der Waals surface area (Å²) >= 11 is 0. The minimum absolute atomic E-state index is 0. The van der Waals surface area contributed by atoms with E-state index in [4.69, 9.17) is 5.73 Å². The van der Waals surface area contributed by atoms with Gasteiger partial charge in [0.1, 0.15) is 5.75 Å². The van der Waals surface area contributed by atoms with Gasteiger partial charge >= 0.3 is 0 Å². The van der Waals surface area contributed by atoms with Gasteiger partial charge in [-0.3, -0.25) is 4.79 Å². The van der Waals surface area contributed by atoms with Crippen molar-refractivity contribution in [3.63, 3.8) is 0 Å². The van der Waals surface area contributed by atoms with Crippen molar-refractivity contribution in [2.45, 2.75) is 6.42 Å². The maximum Gasteiger partial charge on any atom is 0.223 e. The molecule has 1 fully saturated rings. The molecule has 1 heterocycles. The van der Waals surface area contributed by atoms with Crippen LogP contribution < -0.4 is 10.6 Å². The highest BCUT2D eigenvalue weighted by molar-refractivity contribution is 5.85. The lowest BCUT2D eigenvalue weighted by Gasteiger charge is -2.36. The summed E-state index contributed by atoms with van der Waals surface area (Å²) in [5.41, 5.74) is 6.47. The molecule has 1 aromatic carbocycles. The fourth-order valence-corrected chi connectivity index (χ4v) is 2.16. The average Bonchev–Trinajstić information content (AvgIpc) is 2.40. The lowest BCUT2D eigenvalue weighted by atomic mass is 10.2. The molecule has 5 nitrogen and oxygen atoms in total. The highest BCUT2D eigenvalue weighted by atomic mass is 35.5. The molecule has 0 radical (unpaired) electrons. The first-order valence-electron chi connectivity index (χ1n) is 6.22. The maximum absolute atomic E-state index is 11.7. The lowest BCUT2D eigenvalue weighted by molar-refractivity contribution is -0.131. The Labute approximate surface area is 131 Å². The summed E-state index contributed by atoms with van der Waals surface area (Å²) in [5, 5.41) is 9.25. The Bertz CT molecular complexity index is 407. The molecule has 0 unspecified atom stereocenters. The molecule has 7 heteroatoms. The second kappa shape index (κ2) is 8.89. The number of carbonyl (C=O) groups excluding carboxylic acids is 1. The zero-order valence-electron chi connectivity index (χ0n) is 11.2. The second-order valence-corrected chi connectivity index (χ2v) is 4.42. The minimum Gasteiger partial charge on any atom is -0.508 e. The van der Waals surface area contributed by atoms with Crippen LogP contribution in [0, 0.1) is 0 Å². The van der Waals surface area contributed by atoms with Crippen LogP contribution in [0.4, 0.5) is 5.69 Å². The number of rotatable bonds is 3. The molecule has 0 saturated carbocycles. The third-order valence-electron chi connectivity index (χ3n) is 3.21. The average molecular weight is 322 g/mol. The number of amides is 1. The molecule has 0 aromatic heterocycles. The first-order valence-corrected chi connectivity index (χ1v) is 6.22. The topological polar surface area (TPSA) is 69.8 Å². The Balaban J connectivity index is 0.00000180. The van der Waals surface area contributed by atoms with Gasteiger partial charge in [0, 0.05) is 44.8 Å². The van der Waals surface area contributed by atoms with Crippen LogP contribution in [0.15, 0.2) is 24.3 Å². The molecule has 1 aliphatic heterocycles. The van der Waals surface area contributed by atoms with E-state index in [9.17, 15) is 9.90 Å². The number of aromatic hydroxyl groups is 1. The standard InChI is InChI=1S/C13H19N3O2.2ClH/c14-6-5-13(18)16-9-7-15(8-10-16)11-1-3-12(17)4-2-11;;/h1-4,17H,5-10,14H2;2*1H. The number of hydrogen-bond donors (Lipinski definition) is 2. The van der Waals surface area contributed by atoms with Gasteiger partial charge in [0.2, 0.25) is 5.91 Å². The van der Waals surface area contributed by atoms with Gasteiger partial charge in [-0.25, -0.2) is 0 Å². The molecule has 1 amide bonds. The number of phenols is 1. The number of halogens is 2. The molecule has 1 aromatic rings. The summed E-state index contributed by atoms with van der Waals surface area (Å²) in [7, 11) is 0. The van der Waals surface area contributed by atoms with Crippen LogP contribution in [0.1, 0.15) is 6.42 Å². The number of anilines is 1. The number of benzene rings is 1. The number of carbonyl (C=O) groups is 1. The van der Waals surface area contributed by atoms with Crippen molar-refractivity contribution in [1.29, 1.82) is 0 Å². The summed E-state index contributed by atoms with van der Waals surface area (Å²) in [6, 6.07) is 7.15. The molecule has 20 heavy (non-hydrogen) atoms. The Hall–Kier alpha value is -1.17. The van der Waals surface area contributed by atoms with Gasteiger partial charge in [-0.1, -0.05) is 0 Å². The van der Waals surface area contributed by atoms with Gasteiger partial charge in [-0.15, -0.1) is 24.8 Å². The van der Waals surface area contributed by atoms with E-state index in [1.807, 2.05) is 17.0 Å². The minimum atomic E-state index is 0. The molecule has 3 N–H and O–H groups in total. The van der Waals surface area contributed by atoms with E-state index in [1.165, 1.54) is 0 Å². The van der Waals surface area contributed by atoms with Crippen molar-refractivity contribution in [2.75, 3.05) is 37.6 Å². The lowest BCUT2D eigenvalue weighted by Crippen LogP contribution is -2.49. The second-order valence-electron chi connectivity index (χ2n) is 4.42. The number of phenolic OH excluding ortho intramolecular Hbond substituents is 1. The van der Waals surface area contributed by atoms with Crippen LogP contribution in [-0.2, 0) is 4.79 Å².